The number of fused-ring (bicyclic) bond motifs is 1. The van der Waals surface area contributed by atoms with Gasteiger partial charge in [0.15, 0.2) is 0 Å². The maximum Gasteiger partial charge on any atom is 0.240 e. The summed E-state index contributed by atoms with van der Waals surface area (Å²) in [5.74, 6) is 0.716. The number of nitrogens with one attached hydrogen (secondary N) is 2. The molecule has 0 aliphatic carbocycles. The third kappa shape index (κ3) is 3.77. The van der Waals surface area contributed by atoms with Gasteiger partial charge in [0, 0.05) is 12.1 Å². The molecule has 5 nitrogen and oxygen atoms in total. The Balaban J connectivity index is 1.59. The van der Waals surface area contributed by atoms with Crippen LogP contribution in [-0.4, -0.2) is 18.4 Å². The number of rotatable bonds is 5. The van der Waals surface area contributed by atoms with Gasteiger partial charge in [0.1, 0.15) is 5.82 Å². The Morgan fingerprint density at radius 2 is 1.70 bits per heavy atom. The predicted octanol–water partition coefficient (Wildman–Crippen LogP) is 4.02. The van der Waals surface area contributed by atoms with Gasteiger partial charge in [-0.25, -0.2) is 18.1 Å². The fourth-order valence-corrected chi connectivity index (χ4v) is 3.90. The van der Waals surface area contributed by atoms with E-state index in [1.54, 1.807) is 18.2 Å². The van der Waals surface area contributed by atoms with Gasteiger partial charge in [-0.2, -0.15) is 0 Å². The van der Waals surface area contributed by atoms with Crippen molar-refractivity contribution in [2.75, 3.05) is 0 Å². The van der Waals surface area contributed by atoms with Gasteiger partial charge in [-0.15, -0.1) is 0 Å². The third-order valence-electron chi connectivity index (χ3n) is 4.40. The van der Waals surface area contributed by atoms with Crippen molar-refractivity contribution in [3.05, 3.63) is 83.9 Å². The molecule has 136 valence electrons. The molecule has 3 aromatic carbocycles. The summed E-state index contributed by atoms with van der Waals surface area (Å²) < 4.78 is 27.9. The number of aromatic amines is 1. The van der Waals surface area contributed by atoms with Crippen LogP contribution in [0, 0.1) is 6.92 Å². The summed E-state index contributed by atoms with van der Waals surface area (Å²) in [6.45, 7) is 2.25. The first-order valence-electron chi connectivity index (χ1n) is 8.62. The Labute approximate surface area is 158 Å². The Bertz CT molecular complexity index is 1180. The van der Waals surface area contributed by atoms with E-state index in [0.717, 1.165) is 22.2 Å². The highest BCUT2D eigenvalue weighted by Crippen LogP contribution is 2.22. The van der Waals surface area contributed by atoms with E-state index >= 15 is 0 Å². The monoisotopic (exact) mass is 377 g/mol. The van der Waals surface area contributed by atoms with Gasteiger partial charge in [0.2, 0.25) is 10.0 Å². The fourth-order valence-electron chi connectivity index (χ4n) is 2.86. The van der Waals surface area contributed by atoms with Crippen molar-refractivity contribution in [1.82, 2.24) is 14.7 Å². The average molecular weight is 377 g/mol. The molecular formula is C21H19N3O2S. The quantitative estimate of drug-likeness (QED) is 0.552. The first-order chi connectivity index (χ1) is 13.0. The zero-order valence-corrected chi connectivity index (χ0v) is 15.6. The summed E-state index contributed by atoms with van der Waals surface area (Å²) in [5.41, 5.74) is 4.42. The van der Waals surface area contributed by atoms with Gasteiger partial charge < -0.3 is 4.98 Å². The second-order valence-electron chi connectivity index (χ2n) is 6.44. The fraction of sp³-hybridized carbons (Fsp3) is 0.0952. The van der Waals surface area contributed by atoms with Crippen LogP contribution in [0.25, 0.3) is 22.4 Å². The largest absolute Gasteiger partial charge is 0.338 e. The highest BCUT2D eigenvalue weighted by atomic mass is 32.2. The topological polar surface area (TPSA) is 74.8 Å². The molecule has 0 spiro atoms. The summed E-state index contributed by atoms with van der Waals surface area (Å²) in [5, 5.41) is 0. The van der Waals surface area contributed by atoms with Crippen LogP contribution in [0.2, 0.25) is 0 Å². The van der Waals surface area contributed by atoms with Crippen LogP contribution < -0.4 is 4.72 Å². The first kappa shape index (κ1) is 17.5. The predicted molar refractivity (Wildman–Crippen MR) is 107 cm³/mol. The molecule has 0 aliphatic rings. The number of sulfonamides is 1. The molecule has 1 heterocycles. The molecule has 0 amide bonds. The van der Waals surface area contributed by atoms with Crippen LogP contribution in [-0.2, 0) is 16.6 Å². The number of aromatic nitrogens is 2. The van der Waals surface area contributed by atoms with Crippen LogP contribution in [0.4, 0.5) is 0 Å². The number of nitrogens with zero attached hydrogens (tertiary/aromatic N) is 1. The van der Waals surface area contributed by atoms with Crippen molar-refractivity contribution in [3.63, 3.8) is 0 Å². The molecule has 0 radical (unpaired) electrons. The summed E-state index contributed by atoms with van der Waals surface area (Å²) in [6.07, 6.45) is 0. The number of imidazole rings is 1. The molecule has 0 bridgehead atoms. The number of H-pyrrole nitrogens is 1. The molecular weight excluding hydrogens is 358 g/mol. The number of hydrogen-bond donors (Lipinski definition) is 2. The molecule has 1 aromatic heterocycles. The molecule has 0 unspecified atom stereocenters. The lowest BCUT2D eigenvalue weighted by molar-refractivity contribution is 0.581. The first-order valence-corrected chi connectivity index (χ1v) is 10.1. The van der Waals surface area contributed by atoms with Crippen LogP contribution >= 0.6 is 0 Å². The van der Waals surface area contributed by atoms with E-state index < -0.39 is 10.0 Å². The molecule has 0 atom stereocenters. The molecule has 0 saturated carbocycles. The second kappa shape index (κ2) is 6.98. The summed E-state index contributed by atoms with van der Waals surface area (Å²) in [6, 6.07) is 22.4. The highest BCUT2D eigenvalue weighted by Gasteiger charge is 2.15. The summed E-state index contributed by atoms with van der Waals surface area (Å²) in [4.78, 5) is 7.95. The SMILES string of the molecule is Cc1ccc(CNS(=O)(=O)c2ccc3nc(-c4ccccc4)[nH]c3c2)cc1. The lowest BCUT2D eigenvalue weighted by atomic mass is 10.2. The van der Waals surface area contributed by atoms with Crippen molar-refractivity contribution in [2.45, 2.75) is 18.4 Å². The molecule has 6 heteroatoms. The van der Waals surface area contributed by atoms with Gasteiger partial charge in [-0.1, -0.05) is 60.2 Å². The minimum atomic E-state index is -3.61. The van der Waals surface area contributed by atoms with Crippen molar-refractivity contribution in [1.29, 1.82) is 0 Å². The standard InChI is InChI=1S/C21H19N3O2S/c1-15-7-9-16(10-8-15)14-22-27(25,26)18-11-12-19-20(13-18)24-21(23-19)17-5-3-2-4-6-17/h2-13,22H,14H2,1H3,(H,23,24). The van der Waals surface area contributed by atoms with E-state index in [9.17, 15) is 8.42 Å². The molecule has 27 heavy (non-hydrogen) atoms. The molecule has 0 fully saturated rings. The maximum atomic E-state index is 12.6. The van der Waals surface area contributed by atoms with Gasteiger partial charge in [-0.3, -0.25) is 0 Å². The molecule has 2 N–H and O–H groups in total. The Hall–Kier alpha value is -2.96. The third-order valence-corrected chi connectivity index (χ3v) is 5.80. The molecule has 0 aliphatic heterocycles. The van der Waals surface area contributed by atoms with Gasteiger partial charge in [-0.05, 0) is 30.7 Å². The maximum absolute atomic E-state index is 12.6. The average Bonchev–Trinajstić information content (AvgIpc) is 3.12. The molecule has 0 saturated heterocycles. The minimum absolute atomic E-state index is 0.213. The van der Waals surface area contributed by atoms with Gasteiger partial charge >= 0.3 is 0 Å². The van der Waals surface area contributed by atoms with E-state index in [1.165, 1.54) is 0 Å². The Morgan fingerprint density at radius 1 is 0.963 bits per heavy atom. The lowest BCUT2D eigenvalue weighted by Crippen LogP contribution is -2.23. The van der Waals surface area contributed by atoms with Crippen molar-refractivity contribution in [3.8, 4) is 11.4 Å². The number of hydrogen-bond acceptors (Lipinski definition) is 3. The van der Waals surface area contributed by atoms with Crippen LogP contribution in [0.1, 0.15) is 11.1 Å². The highest BCUT2D eigenvalue weighted by molar-refractivity contribution is 7.89. The normalized spacial score (nSPS) is 11.7. The minimum Gasteiger partial charge on any atom is -0.338 e. The smallest absolute Gasteiger partial charge is 0.240 e. The van der Waals surface area contributed by atoms with Crippen LogP contribution in [0.15, 0.2) is 77.7 Å². The van der Waals surface area contributed by atoms with E-state index in [4.69, 9.17) is 0 Å². The summed E-state index contributed by atoms with van der Waals surface area (Å²) >= 11 is 0. The number of benzene rings is 3. The van der Waals surface area contributed by atoms with E-state index in [-0.39, 0.29) is 11.4 Å². The van der Waals surface area contributed by atoms with Crippen molar-refractivity contribution < 1.29 is 8.42 Å². The second-order valence-corrected chi connectivity index (χ2v) is 8.21. The van der Waals surface area contributed by atoms with Crippen LogP contribution in [0.5, 0.6) is 0 Å². The lowest BCUT2D eigenvalue weighted by Gasteiger charge is -2.07. The Kier molecular flexibility index (Phi) is 4.51. The molecule has 4 aromatic rings. The zero-order chi connectivity index (χ0) is 18.9. The summed E-state index contributed by atoms with van der Waals surface area (Å²) in [7, 11) is -3.61. The van der Waals surface area contributed by atoms with Gasteiger partial charge in [0.05, 0.1) is 15.9 Å². The zero-order valence-electron chi connectivity index (χ0n) is 14.8. The Morgan fingerprint density at radius 3 is 2.44 bits per heavy atom. The molecule has 4 rings (SSSR count). The van der Waals surface area contributed by atoms with Crippen molar-refractivity contribution >= 4 is 21.1 Å². The van der Waals surface area contributed by atoms with E-state index in [2.05, 4.69) is 14.7 Å². The van der Waals surface area contributed by atoms with Crippen LogP contribution in [0.3, 0.4) is 0 Å². The van der Waals surface area contributed by atoms with E-state index in [0.29, 0.717) is 11.3 Å². The van der Waals surface area contributed by atoms with E-state index in [1.807, 2.05) is 61.5 Å². The van der Waals surface area contributed by atoms with Gasteiger partial charge in [0.25, 0.3) is 0 Å². The number of aryl methyl sites for hydroxylation is 1. The van der Waals surface area contributed by atoms with Crippen molar-refractivity contribution in [2.24, 2.45) is 0 Å².